The number of quaternary nitrogens is 1. The average molecular weight is 492 g/mol. The van der Waals surface area contributed by atoms with Crippen LogP contribution >= 0.6 is 11.3 Å². The number of amidine groups is 1. The predicted octanol–water partition coefficient (Wildman–Crippen LogP) is 5.62. The monoisotopic (exact) mass is 491 g/mol. The van der Waals surface area contributed by atoms with Gasteiger partial charge in [0.25, 0.3) is 0 Å². The van der Waals surface area contributed by atoms with Crippen molar-refractivity contribution < 1.29 is 9.38 Å². The maximum Gasteiger partial charge on any atom is 0.222 e. The van der Waals surface area contributed by atoms with Crippen LogP contribution in [0.3, 0.4) is 0 Å². The lowest BCUT2D eigenvalue weighted by molar-refractivity contribution is -0.833. The molecule has 0 amide bonds. The molecule has 8 heteroatoms. The van der Waals surface area contributed by atoms with Gasteiger partial charge in [-0.1, -0.05) is 30.3 Å². The van der Waals surface area contributed by atoms with Gasteiger partial charge in [0.05, 0.1) is 12.6 Å². The van der Waals surface area contributed by atoms with Gasteiger partial charge in [-0.15, -0.1) is 11.3 Å². The Kier molecular flexibility index (Phi) is 8.65. The van der Waals surface area contributed by atoms with Crippen LogP contribution in [0.4, 0.5) is 5.69 Å². The Morgan fingerprint density at radius 2 is 1.94 bits per heavy atom. The largest absolute Gasteiger partial charge is 0.626 e. The first-order valence-corrected chi connectivity index (χ1v) is 12.9. The van der Waals surface area contributed by atoms with E-state index in [-0.39, 0.29) is 18.4 Å². The summed E-state index contributed by atoms with van der Waals surface area (Å²) >= 11 is 1.47. The van der Waals surface area contributed by atoms with Crippen LogP contribution in [-0.2, 0) is 13.1 Å². The van der Waals surface area contributed by atoms with E-state index in [1.165, 1.54) is 16.9 Å². The third-order valence-electron chi connectivity index (χ3n) is 6.31. The van der Waals surface area contributed by atoms with Gasteiger partial charge in [0.1, 0.15) is 17.3 Å². The minimum atomic E-state index is -0.686. The van der Waals surface area contributed by atoms with Crippen LogP contribution in [0.15, 0.2) is 78.5 Å². The molecule has 0 saturated carbocycles. The van der Waals surface area contributed by atoms with Crippen LogP contribution in [-0.4, -0.2) is 46.1 Å². The molecule has 1 unspecified atom stereocenters. The van der Waals surface area contributed by atoms with Crippen LogP contribution in [0.5, 0.6) is 5.75 Å². The molecule has 1 aliphatic rings. The molecule has 2 heterocycles. The van der Waals surface area contributed by atoms with Gasteiger partial charge in [0.15, 0.2) is 0 Å². The van der Waals surface area contributed by atoms with E-state index in [9.17, 15) is 5.21 Å². The van der Waals surface area contributed by atoms with Gasteiger partial charge in [0, 0.05) is 62.0 Å². The van der Waals surface area contributed by atoms with E-state index in [1.807, 2.05) is 42.6 Å². The molecule has 1 aromatic heterocycles. The van der Waals surface area contributed by atoms with E-state index in [0.717, 1.165) is 48.9 Å². The first-order chi connectivity index (χ1) is 17.1. The normalized spacial score (nSPS) is 16.7. The number of hydrogen-bond acceptors (Lipinski definition) is 7. The summed E-state index contributed by atoms with van der Waals surface area (Å²) in [6.07, 6.45) is 6.50. The van der Waals surface area contributed by atoms with Gasteiger partial charge >= 0.3 is 0 Å². The average Bonchev–Trinajstić information content (AvgIpc) is 3.39. The van der Waals surface area contributed by atoms with Gasteiger partial charge in [0.2, 0.25) is 5.84 Å². The molecule has 0 bridgehead atoms. The Bertz CT molecular complexity index is 1080. The Labute approximate surface area is 211 Å². The lowest BCUT2D eigenvalue weighted by atomic mass is 10.0. The maximum atomic E-state index is 14.2. The van der Waals surface area contributed by atoms with Crippen LogP contribution in [0.25, 0.3) is 0 Å². The number of hydrogen-bond donors (Lipinski definition) is 2. The summed E-state index contributed by atoms with van der Waals surface area (Å²) in [4.78, 5) is 6.74. The van der Waals surface area contributed by atoms with Crippen LogP contribution in [0, 0.1) is 10.6 Å². The molecule has 1 aliphatic heterocycles. The lowest BCUT2D eigenvalue weighted by Crippen LogP contribution is -2.57. The van der Waals surface area contributed by atoms with E-state index in [4.69, 9.17) is 10.1 Å². The molecular weight excluding hydrogens is 458 g/mol. The van der Waals surface area contributed by atoms with E-state index < -0.39 is 4.65 Å². The van der Waals surface area contributed by atoms with Crippen LogP contribution in [0.2, 0.25) is 0 Å². The van der Waals surface area contributed by atoms with E-state index >= 15 is 0 Å². The number of hydroxylamine groups is 3. The molecule has 2 aromatic carbocycles. The van der Waals surface area contributed by atoms with Gasteiger partial charge in [-0.2, -0.15) is 0 Å². The highest BCUT2D eigenvalue weighted by atomic mass is 32.1. The highest BCUT2D eigenvalue weighted by Gasteiger charge is 2.36. The number of likely N-dealkylation sites (tertiary alicyclic amines) is 1. The van der Waals surface area contributed by atoms with Gasteiger partial charge in [-0.05, 0) is 36.8 Å². The van der Waals surface area contributed by atoms with Crippen molar-refractivity contribution in [1.29, 1.82) is 5.41 Å². The van der Waals surface area contributed by atoms with Crippen molar-refractivity contribution in [2.75, 3.05) is 25.0 Å². The molecule has 1 atom stereocenters. The summed E-state index contributed by atoms with van der Waals surface area (Å²) in [6, 6.07) is 17.9. The first-order valence-electron chi connectivity index (χ1n) is 12.1. The number of nitrogens with zero attached hydrogens (tertiary/aromatic N) is 3. The number of aromatic nitrogens is 1. The second-order valence-electron chi connectivity index (χ2n) is 8.69. The van der Waals surface area contributed by atoms with Crippen molar-refractivity contribution >= 4 is 22.9 Å². The fraction of sp³-hybridized carbons (Fsp3) is 0.333. The minimum Gasteiger partial charge on any atom is -0.626 e. The molecule has 1 fully saturated rings. The van der Waals surface area contributed by atoms with Gasteiger partial charge < -0.3 is 19.9 Å². The smallest absolute Gasteiger partial charge is 0.222 e. The zero-order valence-electron chi connectivity index (χ0n) is 20.1. The summed E-state index contributed by atoms with van der Waals surface area (Å²) in [5.74, 6) is 0.854. The Morgan fingerprint density at radius 1 is 1.20 bits per heavy atom. The molecule has 4 rings (SSSR count). The molecule has 0 aliphatic carbocycles. The SMILES string of the molecule is CCOc1ccc(N/C=C\C(=N)[N+]([O-])(Cc2nccs2)C2CCN(Cc3ccccc3)CC2)cc1. The van der Waals surface area contributed by atoms with Crippen molar-refractivity contribution in [2.45, 2.75) is 38.9 Å². The number of piperidine rings is 1. The molecule has 2 N–H and O–H groups in total. The number of thiazole rings is 1. The van der Waals surface area contributed by atoms with E-state index in [0.29, 0.717) is 6.61 Å². The van der Waals surface area contributed by atoms with Crippen molar-refractivity contribution in [2.24, 2.45) is 0 Å². The first kappa shape index (κ1) is 25.1. The second-order valence-corrected chi connectivity index (χ2v) is 9.67. The summed E-state index contributed by atoms with van der Waals surface area (Å²) in [5.41, 5.74) is 2.16. The molecule has 7 nitrogen and oxygen atoms in total. The molecular formula is C27H33N5O2S. The summed E-state index contributed by atoms with van der Waals surface area (Å²) in [5, 5.41) is 28.8. The zero-order chi connectivity index (χ0) is 24.5. The maximum absolute atomic E-state index is 14.2. The summed E-state index contributed by atoms with van der Waals surface area (Å²) in [6.45, 7) is 5.35. The van der Waals surface area contributed by atoms with Crippen molar-refractivity contribution in [3.05, 3.63) is 94.2 Å². The van der Waals surface area contributed by atoms with Crippen LogP contribution < -0.4 is 10.1 Å². The van der Waals surface area contributed by atoms with Crippen molar-refractivity contribution in [3.8, 4) is 5.75 Å². The summed E-state index contributed by atoms with van der Waals surface area (Å²) in [7, 11) is 0. The minimum absolute atomic E-state index is 0.0418. The molecule has 1 saturated heterocycles. The highest BCUT2D eigenvalue weighted by Crippen LogP contribution is 2.28. The lowest BCUT2D eigenvalue weighted by Gasteiger charge is -2.49. The third kappa shape index (κ3) is 6.76. The predicted molar refractivity (Wildman–Crippen MR) is 142 cm³/mol. The molecule has 0 radical (unpaired) electrons. The fourth-order valence-corrected chi connectivity index (χ4v) is 5.10. The highest BCUT2D eigenvalue weighted by molar-refractivity contribution is 7.09. The molecule has 0 spiro atoms. The number of rotatable bonds is 10. The summed E-state index contributed by atoms with van der Waals surface area (Å²) < 4.78 is 4.79. The quantitative estimate of drug-likeness (QED) is 0.166. The standard InChI is InChI=1S/C27H33N5O2S/c1-2-34-25-10-8-23(9-11-25)29-15-12-26(28)32(33,21-27-30-16-19-35-27)24-13-17-31(18-14-24)20-22-6-4-3-5-7-22/h3-12,15-16,19,24,28-29H,2,13-14,17-18,20-21H2,1H3/b15-12-,28-26?. The molecule has 3 aromatic rings. The number of benzene rings is 2. The van der Waals surface area contributed by atoms with E-state index in [1.54, 1.807) is 18.5 Å². The second kappa shape index (κ2) is 12.1. The number of anilines is 1. The van der Waals surface area contributed by atoms with Gasteiger partial charge in [-0.3, -0.25) is 10.3 Å². The Balaban J connectivity index is 1.41. The number of nitrogens with one attached hydrogen (secondary N) is 2. The van der Waals surface area contributed by atoms with E-state index in [2.05, 4.69) is 39.5 Å². The zero-order valence-corrected chi connectivity index (χ0v) is 20.9. The van der Waals surface area contributed by atoms with Crippen molar-refractivity contribution in [3.63, 3.8) is 0 Å². The molecule has 35 heavy (non-hydrogen) atoms. The topological polar surface area (TPSA) is 84.3 Å². The van der Waals surface area contributed by atoms with Crippen LogP contribution in [0.1, 0.15) is 30.3 Å². The number of ether oxygens (including phenoxy) is 1. The fourth-order valence-electron chi connectivity index (χ4n) is 4.44. The van der Waals surface area contributed by atoms with Gasteiger partial charge in [-0.25, -0.2) is 4.98 Å². The Hall–Kier alpha value is -3.04. The van der Waals surface area contributed by atoms with Crippen molar-refractivity contribution in [1.82, 2.24) is 9.88 Å². The third-order valence-corrected chi connectivity index (χ3v) is 7.08. The molecule has 184 valence electrons. The Morgan fingerprint density at radius 3 is 2.60 bits per heavy atom.